The van der Waals surface area contributed by atoms with Gasteiger partial charge in [-0.3, -0.25) is 14.4 Å². The largest absolute Gasteiger partial charge is 0.505 e. The Hall–Kier alpha value is -3.17. The van der Waals surface area contributed by atoms with Crippen LogP contribution >= 0.6 is 0 Å². The monoisotopic (exact) mass is 438 g/mol. The molecule has 10 heteroatoms. The molecule has 2 atom stereocenters. The Labute approximate surface area is 181 Å². The summed E-state index contributed by atoms with van der Waals surface area (Å²) >= 11 is 0. The highest BCUT2D eigenvalue weighted by Crippen LogP contribution is 2.19. The first-order valence-corrected chi connectivity index (χ1v) is 10.1. The number of hydrogen-bond donors (Lipinski definition) is 2. The molecule has 1 rings (SSSR count). The Bertz CT molecular complexity index is 794. The number of aryl methyl sites for hydroxylation is 1. The zero-order valence-electron chi connectivity index (χ0n) is 18.5. The third-order valence-electron chi connectivity index (χ3n) is 3.93. The highest BCUT2D eigenvalue weighted by atomic mass is 16.6. The van der Waals surface area contributed by atoms with E-state index in [0.29, 0.717) is 12.0 Å². The summed E-state index contributed by atoms with van der Waals surface area (Å²) in [7, 11) is 0. The summed E-state index contributed by atoms with van der Waals surface area (Å²) in [5.74, 6) is -3.10. The standard InChI is InChI=1S/C21H30N2O8/c1-6-7-16(24)31-14(5)10-17(25)29-11-15(21(28)30-12(2)3)23-20(27)18-19(26)13(4)8-9-22-18/h8-9,12,14-15,26H,6-7,10-11H2,1-5H3,(H,23,27). The lowest BCUT2D eigenvalue weighted by atomic mass is 10.2. The highest BCUT2D eigenvalue weighted by Gasteiger charge is 2.28. The summed E-state index contributed by atoms with van der Waals surface area (Å²) in [6.07, 6.45) is 0.832. The number of aromatic hydroxyl groups is 1. The van der Waals surface area contributed by atoms with Crippen LogP contribution in [0.15, 0.2) is 12.3 Å². The Balaban J connectivity index is 2.77. The fourth-order valence-electron chi connectivity index (χ4n) is 2.43. The predicted octanol–water partition coefficient (Wildman–Crippen LogP) is 1.81. The van der Waals surface area contributed by atoms with Crippen LogP contribution in [0.25, 0.3) is 0 Å². The van der Waals surface area contributed by atoms with Gasteiger partial charge in [-0.15, -0.1) is 0 Å². The van der Waals surface area contributed by atoms with Gasteiger partial charge in [-0.25, -0.2) is 9.78 Å². The minimum atomic E-state index is -1.32. The number of nitrogens with one attached hydrogen (secondary N) is 1. The molecule has 0 aliphatic rings. The second-order valence-corrected chi connectivity index (χ2v) is 7.27. The van der Waals surface area contributed by atoms with Crippen molar-refractivity contribution in [1.29, 1.82) is 0 Å². The first-order chi connectivity index (χ1) is 14.5. The number of carbonyl (C=O) groups is 4. The van der Waals surface area contributed by atoms with E-state index in [0.717, 1.165) is 0 Å². The number of rotatable bonds is 11. The van der Waals surface area contributed by atoms with E-state index in [1.807, 2.05) is 6.92 Å². The number of aromatic nitrogens is 1. The van der Waals surface area contributed by atoms with Crippen LogP contribution < -0.4 is 5.32 Å². The summed E-state index contributed by atoms with van der Waals surface area (Å²) < 4.78 is 15.3. The molecular weight excluding hydrogens is 408 g/mol. The normalized spacial score (nSPS) is 12.6. The summed E-state index contributed by atoms with van der Waals surface area (Å²) in [5.41, 5.74) is 0.157. The van der Waals surface area contributed by atoms with Crippen LogP contribution in [0.1, 0.15) is 63.0 Å². The van der Waals surface area contributed by atoms with Gasteiger partial charge < -0.3 is 24.6 Å². The van der Waals surface area contributed by atoms with Gasteiger partial charge in [0.15, 0.2) is 11.7 Å². The highest BCUT2D eigenvalue weighted by molar-refractivity contribution is 5.97. The minimum Gasteiger partial charge on any atom is -0.505 e. The lowest BCUT2D eigenvalue weighted by Crippen LogP contribution is -2.46. The maximum atomic E-state index is 12.5. The number of nitrogens with zero attached hydrogens (tertiary/aromatic N) is 1. The maximum absolute atomic E-state index is 12.5. The van der Waals surface area contributed by atoms with E-state index >= 15 is 0 Å². The molecule has 1 aromatic heterocycles. The number of hydrogen-bond acceptors (Lipinski definition) is 9. The average molecular weight is 438 g/mol. The molecule has 0 saturated heterocycles. The van der Waals surface area contributed by atoms with Crippen LogP contribution in [0.3, 0.4) is 0 Å². The van der Waals surface area contributed by atoms with E-state index in [4.69, 9.17) is 14.2 Å². The van der Waals surface area contributed by atoms with Crippen LogP contribution in [-0.4, -0.2) is 58.8 Å². The lowest BCUT2D eigenvalue weighted by molar-refractivity contribution is -0.157. The SMILES string of the molecule is CCCC(=O)OC(C)CC(=O)OCC(NC(=O)c1nccc(C)c1O)C(=O)OC(C)C. The van der Waals surface area contributed by atoms with E-state index in [9.17, 15) is 24.3 Å². The van der Waals surface area contributed by atoms with Crippen molar-refractivity contribution < 1.29 is 38.5 Å². The third kappa shape index (κ3) is 9.02. The molecule has 31 heavy (non-hydrogen) atoms. The van der Waals surface area contributed by atoms with E-state index in [1.165, 1.54) is 12.3 Å². The zero-order chi connectivity index (χ0) is 23.6. The molecule has 0 aromatic carbocycles. The zero-order valence-corrected chi connectivity index (χ0v) is 18.5. The second-order valence-electron chi connectivity index (χ2n) is 7.27. The third-order valence-corrected chi connectivity index (χ3v) is 3.93. The molecule has 2 N–H and O–H groups in total. The molecule has 10 nitrogen and oxygen atoms in total. The van der Waals surface area contributed by atoms with E-state index in [1.54, 1.807) is 27.7 Å². The molecule has 0 spiro atoms. The smallest absolute Gasteiger partial charge is 0.332 e. The predicted molar refractivity (Wildman–Crippen MR) is 109 cm³/mol. The second kappa shape index (κ2) is 12.5. The first-order valence-electron chi connectivity index (χ1n) is 10.1. The van der Waals surface area contributed by atoms with Gasteiger partial charge in [-0.1, -0.05) is 6.92 Å². The lowest BCUT2D eigenvalue weighted by Gasteiger charge is -2.20. The number of ether oxygens (including phenoxy) is 3. The summed E-state index contributed by atoms with van der Waals surface area (Å²) in [6, 6.07) is 0.200. The molecule has 1 heterocycles. The van der Waals surface area contributed by atoms with E-state index in [2.05, 4.69) is 10.3 Å². The van der Waals surface area contributed by atoms with Crippen molar-refractivity contribution in [3.8, 4) is 5.75 Å². The van der Waals surface area contributed by atoms with Gasteiger partial charge in [0.25, 0.3) is 5.91 Å². The van der Waals surface area contributed by atoms with Gasteiger partial charge in [-0.05, 0) is 45.7 Å². The number of esters is 3. The van der Waals surface area contributed by atoms with Gasteiger partial charge in [0, 0.05) is 12.6 Å². The van der Waals surface area contributed by atoms with Crippen molar-refractivity contribution in [3.05, 3.63) is 23.5 Å². The number of pyridine rings is 1. The Morgan fingerprint density at radius 3 is 2.42 bits per heavy atom. The van der Waals surface area contributed by atoms with Crippen LogP contribution in [0.5, 0.6) is 5.75 Å². The van der Waals surface area contributed by atoms with E-state index < -0.39 is 48.7 Å². The van der Waals surface area contributed by atoms with Gasteiger partial charge in [0.2, 0.25) is 0 Å². The number of amides is 1. The van der Waals surface area contributed by atoms with Crippen LogP contribution in [-0.2, 0) is 28.6 Å². The molecule has 0 bridgehead atoms. The number of carbonyl (C=O) groups excluding carboxylic acids is 4. The molecule has 172 valence electrons. The van der Waals surface area contributed by atoms with Crippen molar-refractivity contribution in [2.45, 2.75) is 72.1 Å². The Morgan fingerprint density at radius 2 is 1.81 bits per heavy atom. The fourth-order valence-corrected chi connectivity index (χ4v) is 2.43. The summed E-state index contributed by atoms with van der Waals surface area (Å²) in [4.78, 5) is 52.2. The molecule has 1 aromatic rings. The molecule has 0 aliphatic heterocycles. The molecule has 0 saturated carbocycles. The summed E-state index contributed by atoms with van der Waals surface area (Å²) in [5, 5.41) is 12.4. The quantitative estimate of drug-likeness (QED) is 0.391. The van der Waals surface area contributed by atoms with Crippen molar-refractivity contribution in [1.82, 2.24) is 10.3 Å². The minimum absolute atomic E-state index is 0.213. The topological polar surface area (TPSA) is 141 Å². The fraction of sp³-hybridized carbons (Fsp3) is 0.571. The Kier molecular flexibility index (Phi) is 10.4. The molecular formula is C21H30N2O8. The maximum Gasteiger partial charge on any atom is 0.332 e. The first kappa shape index (κ1) is 25.9. The average Bonchev–Trinajstić information content (AvgIpc) is 2.66. The summed E-state index contributed by atoms with van der Waals surface area (Å²) in [6.45, 7) is 7.73. The van der Waals surface area contributed by atoms with E-state index in [-0.39, 0.29) is 24.3 Å². The van der Waals surface area contributed by atoms with Gasteiger partial charge in [-0.2, -0.15) is 0 Å². The van der Waals surface area contributed by atoms with Crippen molar-refractivity contribution >= 4 is 23.8 Å². The van der Waals surface area contributed by atoms with Crippen LogP contribution in [0.2, 0.25) is 0 Å². The molecule has 2 unspecified atom stereocenters. The van der Waals surface area contributed by atoms with Crippen molar-refractivity contribution in [2.75, 3.05) is 6.61 Å². The van der Waals surface area contributed by atoms with Gasteiger partial charge >= 0.3 is 17.9 Å². The molecule has 0 fully saturated rings. The molecule has 1 amide bonds. The van der Waals surface area contributed by atoms with Crippen molar-refractivity contribution in [3.63, 3.8) is 0 Å². The Morgan fingerprint density at radius 1 is 1.13 bits per heavy atom. The van der Waals surface area contributed by atoms with Crippen LogP contribution in [0, 0.1) is 6.92 Å². The van der Waals surface area contributed by atoms with Crippen molar-refractivity contribution in [2.24, 2.45) is 0 Å². The molecule has 0 aliphatic carbocycles. The van der Waals surface area contributed by atoms with Gasteiger partial charge in [0.05, 0.1) is 12.5 Å². The molecule has 0 radical (unpaired) electrons. The van der Waals surface area contributed by atoms with Gasteiger partial charge in [0.1, 0.15) is 18.5 Å². The van der Waals surface area contributed by atoms with Crippen LogP contribution in [0.4, 0.5) is 0 Å².